The zero-order valence-electron chi connectivity index (χ0n) is 12.8. The molecule has 2 fully saturated rings. The van der Waals surface area contributed by atoms with Crippen LogP contribution in [0.25, 0.3) is 0 Å². The molecule has 2 bridgehead atoms. The maximum absolute atomic E-state index is 13.4. The second-order valence-electron chi connectivity index (χ2n) is 6.63. The third-order valence-electron chi connectivity index (χ3n) is 5.51. The first-order valence-corrected chi connectivity index (χ1v) is 8.71. The molecule has 2 nitrogen and oxygen atoms in total. The molecule has 116 valence electrons. The number of likely N-dealkylation sites (N-methyl/N-ethyl adjacent to an activating group) is 1. The van der Waals surface area contributed by atoms with E-state index < -0.39 is 0 Å². The number of nitrogens with one attached hydrogen (secondary N) is 1. The summed E-state index contributed by atoms with van der Waals surface area (Å²) in [6, 6.07) is 7.41. The predicted molar refractivity (Wildman–Crippen MR) is 87.9 cm³/mol. The molecule has 0 amide bonds. The highest BCUT2D eigenvalue weighted by molar-refractivity contribution is 9.10. The van der Waals surface area contributed by atoms with E-state index in [2.05, 4.69) is 40.2 Å². The molecule has 0 spiro atoms. The Morgan fingerprint density at radius 2 is 2.00 bits per heavy atom. The molecule has 21 heavy (non-hydrogen) atoms. The van der Waals surface area contributed by atoms with Gasteiger partial charge in [0.05, 0.1) is 4.47 Å². The molecule has 3 rings (SSSR count). The highest BCUT2D eigenvalue weighted by Gasteiger charge is 2.40. The van der Waals surface area contributed by atoms with Crippen LogP contribution in [0.4, 0.5) is 4.39 Å². The number of hydrogen-bond donors (Lipinski definition) is 1. The van der Waals surface area contributed by atoms with Gasteiger partial charge < -0.3 is 10.2 Å². The average Bonchev–Trinajstić information content (AvgIpc) is 2.70. The van der Waals surface area contributed by atoms with Crippen LogP contribution in [0, 0.1) is 11.7 Å². The Balaban J connectivity index is 1.69. The Labute approximate surface area is 135 Å². The van der Waals surface area contributed by atoms with Crippen molar-refractivity contribution in [3.8, 4) is 0 Å². The Kier molecular flexibility index (Phi) is 4.67. The van der Waals surface area contributed by atoms with E-state index in [0.29, 0.717) is 10.5 Å². The van der Waals surface area contributed by atoms with Crippen LogP contribution in [0.2, 0.25) is 0 Å². The summed E-state index contributed by atoms with van der Waals surface area (Å²) in [6.45, 7) is 0. The highest BCUT2D eigenvalue weighted by Crippen LogP contribution is 2.39. The first-order chi connectivity index (χ1) is 10.1. The summed E-state index contributed by atoms with van der Waals surface area (Å²) in [4.78, 5) is 2.58. The van der Waals surface area contributed by atoms with Crippen molar-refractivity contribution in [3.63, 3.8) is 0 Å². The largest absolute Gasteiger partial charge is 0.316 e. The van der Waals surface area contributed by atoms with Crippen LogP contribution in [-0.2, 0) is 6.42 Å². The number of nitrogens with zero attached hydrogens (tertiary/aromatic N) is 1. The van der Waals surface area contributed by atoms with Gasteiger partial charge in [-0.15, -0.1) is 0 Å². The number of halogens is 2. The fraction of sp³-hybridized carbons (Fsp3) is 0.647. The van der Waals surface area contributed by atoms with Crippen molar-refractivity contribution in [1.29, 1.82) is 0 Å². The Bertz CT molecular complexity index is 494. The lowest BCUT2D eigenvalue weighted by atomic mass is 9.82. The molecule has 1 aromatic carbocycles. The van der Waals surface area contributed by atoms with Gasteiger partial charge in [0.25, 0.3) is 0 Å². The summed E-state index contributed by atoms with van der Waals surface area (Å²) in [5.41, 5.74) is 1.20. The van der Waals surface area contributed by atoms with Gasteiger partial charge in [-0.2, -0.15) is 0 Å². The van der Waals surface area contributed by atoms with Crippen molar-refractivity contribution in [2.45, 2.75) is 50.2 Å². The number of fused-ring (bicyclic) bond motifs is 2. The Morgan fingerprint density at radius 1 is 1.33 bits per heavy atom. The van der Waals surface area contributed by atoms with Crippen LogP contribution in [0.15, 0.2) is 22.7 Å². The molecule has 1 aromatic rings. The van der Waals surface area contributed by atoms with Gasteiger partial charge in [0.2, 0.25) is 0 Å². The van der Waals surface area contributed by atoms with Gasteiger partial charge in [-0.05, 0) is 85.7 Å². The summed E-state index contributed by atoms with van der Waals surface area (Å²) in [5, 5.41) is 3.51. The summed E-state index contributed by atoms with van der Waals surface area (Å²) in [6.07, 6.45) is 6.28. The van der Waals surface area contributed by atoms with Gasteiger partial charge in [0, 0.05) is 18.1 Å². The minimum absolute atomic E-state index is 0.183. The minimum Gasteiger partial charge on any atom is -0.316 e. The maximum atomic E-state index is 13.4. The topological polar surface area (TPSA) is 15.3 Å². The lowest BCUT2D eigenvalue weighted by molar-refractivity contribution is 0.114. The number of piperidine rings is 1. The first kappa shape index (κ1) is 15.4. The Morgan fingerprint density at radius 3 is 2.57 bits per heavy atom. The minimum atomic E-state index is -0.183. The van der Waals surface area contributed by atoms with E-state index in [9.17, 15) is 4.39 Å². The van der Waals surface area contributed by atoms with Gasteiger partial charge in [-0.3, -0.25) is 0 Å². The lowest BCUT2D eigenvalue weighted by Gasteiger charge is -2.40. The number of rotatable bonds is 4. The molecule has 4 heteroatoms. The van der Waals surface area contributed by atoms with Gasteiger partial charge in [-0.1, -0.05) is 6.07 Å². The van der Waals surface area contributed by atoms with Crippen molar-refractivity contribution in [2.24, 2.45) is 5.92 Å². The van der Waals surface area contributed by atoms with E-state index in [1.807, 2.05) is 12.1 Å². The van der Waals surface area contributed by atoms with Crippen molar-refractivity contribution in [2.75, 3.05) is 14.1 Å². The van der Waals surface area contributed by atoms with Crippen LogP contribution in [-0.4, -0.2) is 37.1 Å². The zero-order chi connectivity index (χ0) is 15.0. The fourth-order valence-corrected chi connectivity index (χ4v) is 4.63. The summed E-state index contributed by atoms with van der Waals surface area (Å²) in [5.74, 6) is 0.546. The molecule has 3 atom stereocenters. The molecule has 3 unspecified atom stereocenters. The standard InChI is InChI=1S/C17H24BrFN2/c1-20-17(8-11-3-6-16(19)15(18)7-11)12-9-13-4-5-14(10-12)21(13)2/h3,6-7,12-14,17,20H,4-5,8-10H2,1-2H3. The van der Waals surface area contributed by atoms with Gasteiger partial charge in [0.1, 0.15) is 5.82 Å². The molecule has 0 aromatic heterocycles. The predicted octanol–water partition coefficient (Wildman–Crippen LogP) is 3.59. The third-order valence-corrected chi connectivity index (χ3v) is 6.12. The van der Waals surface area contributed by atoms with Gasteiger partial charge in [-0.25, -0.2) is 4.39 Å². The van der Waals surface area contributed by atoms with E-state index in [1.165, 1.54) is 31.2 Å². The van der Waals surface area contributed by atoms with Gasteiger partial charge >= 0.3 is 0 Å². The van der Waals surface area contributed by atoms with Crippen LogP contribution in [0.5, 0.6) is 0 Å². The maximum Gasteiger partial charge on any atom is 0.137 e. The van der Waals surface area contributed by atoms with Crippen LogP contribution in [0.3, 0.4) is 0 Å². The highest BCUT2D eigenvalue weighted by atomic mass is 79.9. The van der Waals surface area contributed by atoms with E-state index in [4.69, 9.17) is 0 Å². The smallest absolute Gasteiger partial charge is 0.137 e. The molecule has 0 radical (unpaired) electrons. The third kappa shape index (κ3) is 3.17. The van der Waals surface area contributed by atoms with Crippen molar-refractivity contribution in [1.82, 2.24) is 10.2 Å². The molecular weight excluding hydrogens is 331 g/mol. The SMILES string of the molecule is CNC(Cc1ccc(F)c(Br)c1)C1CC2CCC(C1)N2C. The van der Waals surface area contributed by atoms with Crippen molar-refractivity contribution >= 4 is 15.9 Å². The molecule has 0 aliphatic carbocycles. The molecule has 2 heterocycles. The number of hydrogen-bond acceptors (Lipinski definition) is 2. The molecular formula is C17H24BrFN2. The first-order valence-electron chi connectivity index (χ1n) is 7.91. The van der Waals surface area contributed by atoms with E-state index in [0.717, 1.165) is 24.4 Å². The van der Waals surface area contributed by atoms with Crippen LogP contribution < -0.4 is 5.32 Å². The Hall–Kier alpha value is -0.450. The summed E-state index contributed by atoms with van der Waals surface area (Å²) >= 11 is 3.29. The molecule has 2 aliphatic heterocycles. The molecule has 0 saturated carbocycles. The van der Waals surface area contributed by atoms with Crippen LogP contribution in [0.1, 0.15) is 31.2 Å². The molecule has 1 N–H and O–H groups in total. The fourth-order valence-electron chi connectivity index (χ4n) is 4.21. The lowest BCUT2D eigenvalue weighted by Crippen LogP contribution is -2.47. The normalized spacial score (nSPS) is 30.6. The molecule has 2 aliphatic rings. The van der Waals surface area contributed by atoms with E-state index >= 15 is 0 Å². The second kappa shape index (κ2) is 6.35. The van der Waals surface area contributed by atoms with Crippen molar-refractivity contribution < 1.29 is 4.39 Å². The van der Waals surface area contributed by atoms with Crippen molar-refractivity contribution in [3.05, 3.63) is 34.1 Å². The van der Waals surface area contributed by atoms with E-state index in [1.54, 1.807) is 6.07 Å². The average molecular weight is 355 g/mol. The second-order valence-corrected chi connectivity index (χ2v) is 7.48. The summed E-state index contributed by atoms with van der Waals surface area (Å²) in [7, 11) is 4.34. The quantitative estimate of drug-likeness (QED) is 0.888. The van der Waals surface area contributed by atoms with E-state index in [-0.39, 0.29) is 5.82 Å². The summed E-state index contributed by atoms with van der Waals surface area (Å²) < 4.78 is 13.9. The number of benzene rings is 1. The van der Waals surface area contributed by atoms with Crippen LogP contribution >= 0.6 is 15.9 Å². The van der Waals surface area contributed by atoms with Gasteiger partial charge in [0.15, 0.2) is 0 Å². The zero-order valence-corrected chi connectivity index (χ0v) is 14.4. The molecule has 2 saturated heterocycles. The monoisotopic (exact) mass is 354 g/mol.